The van der Waals surface area contributed by atoms with Gasteiger partial charge in [-0.2, -0.15) is 0 Å². The van der Waals surface area contributed by atoms with E-state index in [0.29, 0.717) is 6.04 Å². The highest BCUT2D eigenvalue weighted by molar-refractivity contribution is 9.11. The van der Waals surface area contributed by atoms with Crippen LogP contribution in [-0.4, -0.2) is 13.2 Å². The van der Waals surface area contributed by atoms with E-state index in [0.717, 1.165) is 33.2 Å². The average Bonchev–Trinajstić information content (AvgIpc) is 2.48. The summed E-state index contributed by atoms with van der Waals surface area (Å²) in [5.74, 6) is 0.906. The van der Waals surface area contributed by atoms with Gasteiger partial charge in [0.15, 0.2) is 0 Å². The predicted molar refractivity (Wildman–Crippen MR) is 96.2 cm³/mol. The average molecular weight is 413 g/mol. The summed E-state index contributed by atoms with van der Waals surface area (Å²) in [6.07, 6.45) is 2.13. The van der Waals surface area contributed by atoms with Crippen molar-refractivity contribution >= 4 is 37.5 Å². The molecular formula is C17H19Br2NO. The monoisotopic (exact) mass is 411 g/mol. The Balaban J connectivity index is 1.87. The predicted octanol–water partition coefficient (Wildman–Crippen LogP) is 5.65. The van der Waals surface area contributed by atoms with Crippen LogP contribution >= 0.6 is 31.9 Å². The summed E-state index contributed by atoms with van der Waals surface area (Å²) < 4.78 is 7.33. The summed E-state index contributed by atoms with van der Waals surface area (Å²) in [6.45, 7) is 2.21. The molecule has 1 unspecified atom stereocenters. The van der Waals surface area contributed by atoms with E-state index in [1.54, 1.807) is 7.11 Å². The second kappa shape index (κ2) is 7.85. The maximum atomic E-state index is 5.18. The maximum absolute atomic E-state index is 5.18. The number of anilines is 1. The van der Waals surface area contributed by atoms with E-state index in [2.05, 4.69) is 68.4 Å². The van der Waals surface area contributed by atoms with Gasteiger partial charge in [0.25, 0.3) is 0 Å². The first-order valence-electron chi connectivity index (χ1n) is 6.93. The Labute approximate surface area is 143 Å². The summed E-state index contributed by atoms with van der Waals surface area (Å²) in [6, 6.07) is 14.9. The molecule has 2 aromatic carbocycles. The Morgan fingerprint density at radius 3 is 2.43 bits per heavy atom. The van der Waals surface area contributed by atoms with Gasteiger partial charge >= 0.3 is 0 Å². The zero-order chi connectivity index (χ0) is 15.2. The summed E-state index contributed by atoms with van der Waals surface area (Å²) >= 11 is 7.05. The third-order valence-corrected chi connectivity index (χ3v) is 4.51. The van der Waals surface area contributed by atoms with Gasteiger partial charge in [-0.3, -0.25) is 0 Å². The number of hydrogen-bond donors (Lipinski definition) is 1. The molecule has 2 rings (SSSR count). The summed E-state index contributed by atoms with van der Waals surface area (Å²) in [7, 11) is 1.69. The lowest BCUT2D eigenvalue weighted by molar-refractivity contribution is 0.414. The van der Waals surface area contributed by atoms with E-state index in [-0.39, 0.29) is 0 Å². The highest BCUT2D eigenvalue weighted by Crippen LogP contribution is 2.27. The van der Waals surface area contributed by atoms with E-state index < -0.39 is 0 Å². The first-order chi connectivity index (χ1) is 10.1. The van der Waals surface area contributed by atoms with Gasteiger partial charge in [-0.15, -0.1) is 0 Å². The van der Waals surface area contributed by atoms with Gasteiger partial charge in [0.1, 0.15) is 5.75 Å². The Bertz CT molecular complexity index is 584. The Kier molecular flexibility index (Phi) is 6.12. The number of halogens is 2. The molecule has 21 heavy (non-hydrogen) atoms. The van der Waals surface area contributed by atoms with E-state index in [1.165, 1.54) is 5.56 Å². The molecular weight excluding hydrogens is 394 g/mol. The van der Waals surface area contributed by atoms with Crippen LogP contribution in [0.1, 0.15) is 18.9 Å². The lowest BCUT2D eigenvalue weighted by atomic mass is 10.1. The molecule has 2 nitrogen and oxygen atoms in total. The number of methoxy groups -OCH3 is 1. The van der Waals surface area contributed by atoms with Crippen molar-refractivity contribution in [3.63, 3.8) is 0 Å². The fraction of sp³-hybridized carbons (Fsp3) is 0.294. The molecule has 0 aromatic heterocycles. The van der Waals surface area contributed by atoms with Gasteiger partial charge in [0.2, 0.25) is 0 Å². The van der Waals surface area contributed by atoms with Crippen LogP contribution in [0.2, 0.25) is 0 Å². The largest absolute Gasteiger partial charge is 0.497 e. The van der Waals surface area contributed by atoms with Crippen LogP contribution < -0.4 is 10.1 Å². The molecule has 0 radical (unpaired) electrons. The molecule has 0 aliphatic carbocycles. The number of benzene rings is 2. The fourth-order valence-electron chi connectivity index (χ4n) is 2.12. The quantitative estimate of drug-likeness (QED) is 0.661. The van der Waals surface area contributed by atoms with Gasteiger partial charge in [0.05, 0.1) is 7.11 Å². The summed E-state index contributed by atoms with van der Waals surface area (Å²) in [5.41, 5.74) is 2.46. The molecule has 0 fully saturated rings. The van der Waals surface area contributed by atoms with Gasteiger partial charge in [-0.1, -0.05) is 28.1 Å². The molecule has 2 aromatic rings. The zero-order valence-corrected chi connectivity index (χ0v) is 15.4. The molecule has 112 valence electrons. The highest BCUT2D eigenvalue weighted by atomic mass is 79.9. The molecule has 0 saturated heterocycles. The molecule has 0 amide bonds. The second-order valence-corrected chi connectivity index (χ2v) is 6.83. The summed E-state index contributed by atoms with van der Waals surface area (Å²) in [4.78, 5) is 0. The van der Waals surface area contributed by atoms with Crippen molar-refractivity contribution in [1.29, 1.82) is 0 Å². The van der Waals surface area contributed by atoms with Crippen LogP contribution in [0.3, 0.4) is 0 Å². The van der Waals surface area contributed by atoms with E-state index in [4.69, 9.17) is 4.74 Å². The third-order valence-electron chi connectivity index (χ3n) is 3.36. The van der Waals surface area contributed by atoms with Gasteiger partial charge < -0.3 is 10.1 Å². The Hall–Kier alpha value is -1.000. The summed E-state index contributed by atoms with van der Waals surface area (Å²) in [5, 5.41) is 3.54. The van der Waals surface area contributed by atoms with Crippen molar-refractivity contribution < 1.29 is 4.74 Å². The Morgan fingerprint density at radius 1 is 1.10 bits per heavy atom. The Morgan fingerprint density at radius 2 is 1.81 bits per heavy atom. The first kappa shape index (κ1) is 16.4. The van der Waals surface area contributed by atoms with Crippen LogP contribution in [0, 0.1) is 0 Å². The minimum absolute atomic E-state index is 0.407. The third kappa shape index (κ3) is 5.04. The van der Waals surface area contributed by atoms with E-state index in [1.807, 2.05) is 18.2 Å². The number of ether oxygens (including phenoxy) is 1. The molecule has 0 saturated carbocycles. The van der Waals surface area contributed by atoms with Crippen molar-refractivity contribution in [2.75, 3.05) is 12.4 Å². The fourth-order valence-corrected chi connectivity index (χ4v) is 3.28. The highest BCUT2D eigenvalue weighted by Gasteiger charge is 2.06. The number of nitrogens with one attached hydrogen (secondary N) is 1. The van der Waals surface area contributed by atoms with Crippen LogP contribution in [0.4, 0.5) is 5.69 Å². The smallest absolute Gasteiger partial charge is 0.118 e. The number of aryl methyl sites for hydroxylation is 1. The van der Waals surface area contributed by atoms with Crippen molar-refractivity contribution in [2.45, 2.75) is 25.8 Å². The molecule has 0 aliphatic rings. The molecule has 1 N–H and O–H groups in total. The van der Waals surface area contributed by atoms with Crippen molar-refractivity contribution in [3.05, 3.63) is 57.0 Å². The molecule has 0 aliphatic heterocycles. The minimum Gasteiger partial charge on any atom is -0.497 e. The van der Waals surface area contributed by atoms with Gasteiger partial charge in [0, 0.05) is 20.7 Å². The molecule has 0 spiro atoms. The second-order valence-electron chi connectivity index (χ2n) is 5.06. The standard InChI is InChI=1S/C17H19Br2NO/c1-12(20-17-10-7-14(18)11-16(17)19)3-4-13-5-8-15(21-2)9-6-13/h5-12,20H,3-4H2,1-2H3. The molecule has 4 heteroatoms. The number of rotatable bonds is 6. The van der Waals surface area contributed by atoms with Gasteiger partial charge in [-0.05, 0) is 71.6 Å². The minimum atomic E-state index is 0.407. The van der Waals surface area contributed by atoms with Crippen molar-refractivity contribution in [3.8, 4) is 5.75 Å². The van der Waals surface area contributed by atoms with E-state index in [9.17, 15) is 0 Å². The van der Waals surface area contributed by atoms with E-state index >= 15 is 0 Å². The van der Waals surface area contributed by atoms with Crippen LogP contribution in [0.5, 0.6) is 5.75 Å². The normalized spacial score (nSPS) is 12.0. The van der Waals surface area contributed by atoms with Crippen molar-refractivity contribution in [1.82, 2.24) is 0 Å². The van der Waals surface area contributed by atoms with Gasteiger partial charge in [-0.25, -0.2) is 0 Å². The molecule has 0 bridgehead atoms. The molecule has 1 atom stereocenters. The van der Waals surface area contributed by atoms with Crippen LogP contribution in [0.15, 0.2) is 51.4 Å². The first-order valence-corrected chi connectivity index (χ1v) is 8.51. The maximum Gasteiger partial charge on any atom is 0.118 e. The molecule has 0 heterocycles. The lowest BCUT2D eigenvalue weighted by Crippen LogP contribution is -2.16. The topological polar surface area (TPSA) is 21.3 Å². The zero-order valence-electron chi connectivity index (χ0n) is 12.2. The number of hydrogen-bond acceptors (Lipinski definition) is 2. The van der Waals surface area contributed by atoms with Crippen LogP contribution in [0.25, 0.3) is 0 Å². The SMILES string of the molecule is COc1ccc(CCC(C)Nc2ccc(Br)cc2Br)cc1. The lowest BCUT2D eigenvalue weighted by Gasteiger charge is -2.16. The van der Waals surface area contributed by atoms with Crippen LogP contribution in [-0.2, 0) is 6.42 Å². The van der Waals surface area contributed by atoms with Crippen molar-refractivity contribution in [2.24, 2.45) is 0 Å².